The minimum Gasteiger partial charge on any atom is -0.459 e. The summed E-state index contributed by atoms with van der Waals surface area (Å²) < 4.78 is 10.2. The van der Waals surface area contributed by atoms with Gasteiger partial charge >= 0.3 is 6.01 Å². The molecule has 0 bridgehead atoms. The standard InChI is InChI=1S/C19H24N4O4/c24-17(16-7-4-12-26-16)21-19-20-15(13-27-19)18(25)23-10-8-22(9-11-23)14-5-2-1-3-6-14/h4,7,12-14H,1-3,5-6,8-11H2,(H,20,21,24). The molecule has 0 aromatic carbocycles. The molecule has 2 aromatic rings. The highest BCUT2D eigenvalue weighted by atomic mass is 16.4. The van der Waals surface area contributed by atoms with Crippen LogP contribution in [0, 0.1) is 0 Å². The molecule has 2 amide bonds. The molecular weight excluding hydrogens is 348 g/mol. The molecule has 1 aliphatic carbocycles. The van der Waals surface area contributed by atoms with Gasteiger partial charge in [-0.05, 0) is 25.0 Å². The minimum absolute atomic E-state index is 0.0133. The highest BCUT2D eigenvalue weighted by Gasteiger charge is 2.28. The lowest BCUT2D eigenvalue weighted by molar-refractivity contribution is 0.0518. The molecule has 0 spiro atoms. The maximum Gasteiger partial charge on any atom is 0.302 e. The van der Waals surface area contributed by atoms with E-state index in [0.717, 1.165) is 13.1 Å². The molecule has 1 saturated carbocycles. The third-order valence-electron chi connectivity index (χ3n) is 5.38. The summed E-state index contributed by atoms with van der Waals surface area (Å²) in [5.74, 6) is -0.484. The Morgan fingerprint density at radius 2 is 1.85 bits per heavy atom. The highest BCUT2D eigenvalue weighted by molar-refractivity contribution is 6.01. The first-order chi connectivity index (χ1) is 13.2. The molecule has 1 N–H and O–H groups in total. The average Bonchev–Trinajstić information content (AvgIpc) is 3.40. The third kappa shape index (κ3) is 4.05. The second kappa shape index (κ2) is 7.96. The Labute approximate surface area is 157 Å². The number of furan rings is 1. The molecule has 0 radical (unpaired) electrons. The summed E-state index contributed by atoms with van der Waals surface area (Å²) in [5.41, 5.74) is 0.205. The lowest BCUT2D eigenvalue weighted by Crippen LogP contribution is -2.52. The van der Waals surface area contributed by atoms with E-state index in [1.54, 1.807) is 11.0 Å². The summed E-state index contributed by atoms with van der Waals surface area (Å²) in [6.07, 6.45) is 9.22. The van der Waals surface area contributed by atoms with Crippen molar-refractivity contribution < 1.29 is 18.4 Å². The highest BCUT2D eigenvalue weighted by Crippen LogP contribution is 2.24. The van der Waals surface area contributed by atoms with Crippen molar-refractivity contribution in [2.75, 3.05) is 31.5 Å². The van der Waals surface area contributed by atoms with Crippen LogP contribution in [-0.4, -0.2) is 58.8 Å². The van der Waals surface area contributed by atoms with Gasteiger partial charge in [0.05, 0.1) is 6.26 Å². The number of hydrogen-bond donors (Lipinski definition) is 1. The normalized spacial score (nSPS) is 19.2. The Morgan fingerprint density at radius 3 is 2.56 bits per heavy atom. The van der Waals surface area contributed by atoms with E-state index in [1.165, 1.54) is 50.7 Å². The third-order valence-corrected chi connectivity index (χ3v) is 5.38. The lowest BCUT2D eigenvalue weighted by Gasteiger charge is -2.40. The zero-order valence-electron chi connectivity index (χ0n) is 15.2. The van der Waals surface area contributed by atoms with Crippen LogP contribution in [0.4, 0.5) is 6.01 Å². The quantitative estimate of drug-likeness (QED) is 0.887. The smallest absolute Gasteiger partial charge is 0.302 e. The monoisotopic (exact) mass is 372 g/mol. The summed E-state index contributed by atoms with van der Waals surface area (Å²) in [7, 11) is 0. The van der Waals surface area contributed by atoms with Crippen molar-refractivity contribution in [2.24, 2.45) is 0 Å². The molecule has 1 saturated heterocycles. The van der Waals surface area contributed by atoms with Gasteiger partial charge in [0.25, 0.3) is 11.8 Å². The number of piperazine rings is 1. The molecule has 3 heterocycles. The predicted molar refractivity (Wildman–Crippen MR) is 97.5 cm³/mol. The van der Waals surface area contributed by atoms with E-state index in [-0.39, 0.29) is 23.4 Å². The van der Waals surface area contributed by atoms with Crippen molar-refractivity contribution in [1.29, 1.82) is 0 Å². The molecule has 2 fully saturated rings. The maximum absolute atomic E-state index is 12.7. The number of anilines is 1. The molecule has 1 aliphatic heterocycles. The van der Waals surface area contributed by atoms with Crippen LogP contribution < -0.4 is 5.32 Å². The number of carbonyl (C=O) groups excluding carboxylic acids is 2. The summed E-state index contributed by atoms with van der Waals surface area (Å²) in [6.45, 7) is 3.18. The Balaban J connectivity index is 1.31. The van der Waals surface area contributed by atoms with Gasteiger partial charge in [-0.25, -0.2) is 0 Å². The van der Waals surface area contributed by atoms with Crippen LogP contribution in [0.5, 0.6) is 0 Å². The zero-order valence-corrected chi connectivity index (χ0v) is 15.2. The van der Waals surface area contributed by atoms with Crippen molar-refractivity contribution in [3.8, 4) is 0 Å². The van der Waals surface area contributed by atoms with Gasteiger partial charge in [0.1, 0.15) is 6.26 Å². The number of nitrogens with zero attached hydrogens (tertiary/aromatic N) is 3. The molecule has 27 heavy (non-hydrogen) atoms. The van der Waals surface area contributed by atoms with E-state index in [9.17, 15) is 9.59 Å². The Kier molecular flexibility index (Phi) is 5.24. The van der Waals surface area contributed by atoms with Gasteiger partial charge in [0.2, 0.25) is 0 Å². The fraction of sp³-hybridized carbons (Fsp3) is 0.526. The van der Waals surface area contributed by atoms with Crippen LogP contribution >= 0.6 is 0 Å². The van der Waals surface area contributed by atoms with E-state index in [0.29, 0.717) is 19.1 Å². The van der Waals surface area contributed by atoms with Crippen molar-refractivity contribution in [1.82, 2.24) is 14.8 Å². The Morgan fingerprint density at radius 1 is 1.07 bits per heavy atom. The van der Waals surface area contributed by atoms with Gasteiger partial charge in [-0.2, -0.15) is 4.98 Å². The van der Waals surface area contributed by atoms with E-state index in [1.807, 2.05) is 0 Å². The average molecular weight is 372 g/mol. The van der Waals surface area contributed by atoms with Crippen molar-refractivity contribution >= 4 is 17.8 Å². The van der Waals surface area contributed by atoms with Crippen LogP contribution in [0.1, 0.15) is 53.1 Å². The van der Waals surface area contributed by atoms with Crippen LogP contribution in [-0.2, 0) is 0 Å². The van der Waals surface area contributed by atoms with Gasteiger partial charge in [-0.15, -0.1) is 0 Å². The molecule has 8 heteroatoms. The van der Waals surface area contributed by atoms with Crippen LogP contribution in [0.3, 0.4) is 0 Å². The molecule has 8 nitrogen and oxygen atoms in total. The van der Waals surface area contributed by atoms with Gasteiger partial charge in [-0.1, -0.05) is 19.3 Å². The number of rotatable bonds is 4. The fourth-order valence-electron chi connectivity index (χ4n) is 3.89. The minimum atomic E-state index is -0.470. The van der Waals surface area contributed by atoms with Crippen molar-refractivity contribution in [2.45, 2.75) is 38.1 Å². The second-order valence-electron chi connectivity index (χ2n) is 7.09. The molecule has 144 valence electrons. The summed E-state index contributed by atoms with van der Waals surface area (Å²) in [4.78, 5) is 33.0. The van der Waals surface area contributed by atoms with Crippen molar-refractivity contribution in [3.63, 3.8) is 0 Å². The van der Waals surface area contributed by atoms with E-state index in [2.05, 4.69) is 15.2 Å². The van der Waals surface area contributed by atoms with Crippen LogP contribution in [0.25, 0.3) is 0 Å². The van der Waals surface area contributed by atoms with Crippen molar-refractivity contribution in [3.05, 3.63) is 36.1 Å². The topological polar surface area (TPSA) is 91.8 Å². The zero-order chi connectivity index (χ0) is 18.6. The largest absolute Gasteiger partial charge is 0.459 e. The number of oxazole rings is 1. The summed E-state index contributed by atoms with van der Waals surface area (Å²) in [6, 6.07) is 3.81. The van der Waals surface area contributed by atoms with E-state index < -0.39 is 5.91 Å². The van der Waals surface area contributed by atoms with Gasteiger partial charge < -0.3 is 13.7 Å². The lowest BCUT2D eigenvalue weighted by atomic mass is 9.94. The molecule has 0 unspecified atom stereocenters. The number of hydrogen-bond acceptors (Lipinski definition) is 6. The predicted octanol–water partition coefficient (Wildman–Crippen LogP) is 2.61. The summed E-state index contributed by atoms with van der Waals surface area (Å²) >= 11 is 0. The molecular formula is C19H24N4O4. The molecule has 2 aliphatic rings. The van der Waals surface area contributed by atoms with Crippen LogP contribution in [0.15, 0.2) is 33.5 Å². The molecule has 2 aromatic heterocycles. The molecule has 0 atom stereocenters. The van der Waals surface area contributed by atoms with Gasteiger partial charge in [0.15, 0.2) is 11.5 Å². The molecule has 4 rings (SSSR count). The first kappa shape index (κ1) is 17.8. The summed E-state index contributed by atoms with van der Waals surface area (Å²) in [5, 5.41) is 2.48. The number of aromatic nitrogens is 1. The number of nitrogens with one attached hydrogen (secondary N) is 1. The Hall–Kier alpha value is -2.61. The SMILES string of the molecule is O=C(Nc1nc(C(=O)N2CCN(C3CCCCC3)CC2)co1)c1ccco1. The number of carbonyl (C=O) groups is 2. The van der Waals surface area contributed by atoms with E-state index >= 15 is 0 Å². The Bertz CT molecular complexity index is 771. The first-order valence-corrected chi connectivity index (χ1v) is 9.54. The maximum atomic E-state index is 12.7. The first-order valence-electron chi connectivity index (χ1n) is 9.54. The van der Waals surface area contributed by atoms with Gasteiger partial charge in [-0.3, -0.25) is 19.8 Å². The number of amides is 2. The fourth-order valence-corrected chi connectivity index (χ4v) is 3.89. The second-order valence-corrected chi connectivity index (χ2v) is 7.09. The van der Waals surface area contributed by atoms with Gasteiger partial charge in [0, 0.05) is 32.2 Å². The van der Waals surface area contributed by atoms with Crippen LogP contribution in [0.2, 0.25) is 0 Å². The van der Waals surface area contributed by atoms with E-state index in [4.69, 9.17) is 8.83 Å².